The van der Waals surface area contributed by atoms with Crippen LogP contribution in [-0.4, -0.2) is 20.3 Å². The second-order valence-corrected chi connectivity index (χ2v) is 5.94. The molecule has 0 saturated heterocycles. The molecule has 0 bridgehead atoms. The first-order valence-corrected chi connectivity index (χ1v) is 7.81. The summed E-state index contributed by atoms with van der Waals surface area (Å²) in [6.07, 6.45) is 1.08. The number of hydrogen-bond acceptors (Lipinski definition) is 3. The van der Waals surface area contributed by atoms with E-state index in [0.29, 0.717) is 5.92 Å². The van der Waals surface area contributed by atoms with E-state index in [1.165, 1.54) is 16.7 Å². The maximum absolute atomic E-state index is 5.84. The van der Waals surface area contributed by atoms with Crippen LogP contribution in [0.5, 0.6) is 11.5 Å². The van der Waals surface area contributed by atoms with Crippen molar-refractivity contribution in [2.24, 2.45) is 5.92 Å². The van der Waals surface area contributed by atoms with Crippen LogP contribution in [-0.2, 0) is 13.0 Å². The number of methoxy groups -OCH3 is 1. The summed E-state index contributed by atoms with van der Waals surface area (Å²) in [5.41, 5.74) is 3.78. The average molecular weight is 297 g/mol. The molecule has 2 aromatic carbocycles. The van der Waals surface area contributed by atoms with Crippen molar-refractivity contribution in [1.82, 2.24) is 5.32 Å². The second-order valence-electron chi connectivity index (χ2n) is 5.94. The predicted molar refractivity (Wildman–Crippen MR) is 88.6 cm³/mol. The molecule has 22 heavy (non-hydrogen) atoms. The minimum Gasteiger partial charge on any atom is -0.496 e. The van der Waals surface area contributed by atoms with E-state index in [0.717, 1.165) is 37.6 Å². The Balaban J connectivity index is 1.55. The maximum Gasteiger partial charge on any atom is 0.123 e. The van der Waals surface area contributed by atoms with Crippen molar-refractivity contribution in [2.75, 3.05) is 20.3 Å². The van der Waals surface area contributed by atoms with Gasteiger partial charge in [0.25, 0.3) is 0 Å². The quantitative estimate of drug-likeness (QED) is 0.918. The molecule has 2 aromatic rings. The highest BCUT2D eigenvalue weighted by molar-refractivity contribution is 5.37. The van der Waals surface area contributed by atoms with E-state index in [-0.39, 0.29) is 0 Å². The first kappa shape index (κ1) is 14.9. The molecule has 0 aromatic heterocycles. The highest BCUT2D eigenvalue weighted by Gasteiger charge is 2.19. The molecule has 0 radical (unpaired) electrons. The Morgan fingerprint density at radius 1 is 1.23 bits per heavy atom. The fraction of sp³-hybridized carbons (Fsp3) is 0.368. The zero-order chi connectivity index (χ0) is 15.4. The largest absolute Gasteiger partial charge is 0.496 e. The summed E-state index contributed by atoms with van der Waals surface area (Å²) in [5.74, 6) is 2.51. The Hall–Kier alpha value is -2.00. The lowest BCUT2D eigenvalue weighted by Gasteiger charge is -2.25. The molecule has 3 heteroatoms. The van der Waals surface area contributed by atoms with Crippen molar-refractivity contribution in [2.45, 2.75) is 19.9 Å². The maximum atomic E-state index is 5.84. The van der Waals surface area contributed by atoms with Gasteiger partial charge in [-0.15, -0.1) is 0 Å². The highest BCUT2D eigenvalue weighted by atomic mass is 16.5. The van der Waals surface area contributed by atoms with Crippen molar-refractivity contribution in [3.8, 4) is 11.5 Å². The molecule has 0 amide bonds. The Labute approximate surface area is 132 Å². The molecule has 1 aliphatic rings. The van der Waals surface area contributed by atoms with Crippen LogP contribution in [0.4, 0.5) is 0 Å². The fourth-order valence-electron chi connectivity index (χ4n) is 2.98. The molecule has 3 nitrogen and oxygen atoms in total. The van der Waals surface area contributed by atoms with Crippen LogP contribution in [0.2, 0.25) is 0 Å². The normalized spacial score (nSPS) is 16.7. The smallest absolute Gasteiger partial charge is 0.123 e. The van der Waals surface area contributed by atoms with Gasteiger partial charge >= 0.3 is 0 Å². The summed E-state index contributed by atoms with van der Waals surface area (Å²) in [6, 6.07) is 14.6. The first-order valence-electron chi connectivity index (χ1n) is 7.81. The molecule has 3 rings (SSSR count). The summed E-state index contributed by atoms with van der Waals surface area (Å²) in [7, 11) is 1.72. The molecular formula is C19H23NO2. The summed E-state index contributed by atoms with van der Waals surface area (Å²) >= 11 is 0. The van der Waals surface area contributed by atoms with E-state index in [1.807, 2.05) is 12.1 Å². The van der Waals surface area contributed by atoms with Crippen molar-refractivity contribution in [1.29, 1.82) is 0 Å². The van der Waals surface area contributed by atoms with Crippen LogP contribution in [0.15, 0.2) is 42.5 Å². The third-order valence-electron chi connectivity index (χ3n) is 4.14. The second kappa shape index (κ2) is 6.84. The molecule has 116 valence electrons. The van der Waals surface area contributed by atoms with Crippen molar-refractivity contribution >= 4 is 0 Å². The monoisotopic (exact) mass is 297 g/mol. The van der Waals surface area contributed by atoms with Crippen LogP contribution in [0, 0.1) is 12.8 Å². The van der Waals surface area contributed by atoms with E-state index >= 15 is 0 Å². The lowest BCUT2D eigenvalue weighted by Crippen LogP contribution is -2.31. The highest BCUT2D eigenvalue weighted by Crippen LogP contribution is 2.26. The molecular weight excluding hydrogens is 274 g/mol. The Kier molecular flexibility index (Phi) is 4.64. The zero-order valence-electron chi connectivity index (χ0n) is 13.3. The van der Waals surface area contributed by atoms with Crippen molar-refractivity contribution in [3.05, 3.63) is 59.2 Å². The number of nitrogens with one attached hydrogen (secondary N) is 1. The van der Waals surface area contributed by atoms with E-state index in [9.17, 15) is 0 Å². The van der Waals surface area contributed by atoms with Crippen molar-refractivity contribution in [3.63, 3.8) is 0 Å². The van der Waals surface area contributed by atoms with E-state index in [1.54, 1.807) is 7.11 Å². The lowest BCUT2D eigenvalue weighted by atomic mass is 9.96. The molecule has 1 aliphatic heterocycles. The summed E-state index contributed by atoms with van der Waals surface area (Å²) in [6.45, 7) is 4.66. The van der Waals surface area contributed by atoms with E-state index in [4.69, 9.17) is 9.47 Å². The molecule has 1 heterocycles. The number of ether oxygens (including phenoxy) is 2. The van der Waals surface area contributed by atoms with Crippen LogP contribution < -0.4 is 14.8 Å². The van der Waals surface area contributed by atoms with Crippen LogP contribution >= 0.6 is 0 Å². The van der Waals surface area contributed by atoms with E-state index in [2.05, 4.69) is 42.6 Å². The lowest BCUT2D eigenvalue weighted by molar-refractivity contribution is 0.218. The first-order chi connectivity index (χ1) is 10.8. The van der Waals surface area contributed by atoms with Gasteiger partial charge in [0.15, 0.2) is 0 Å². The van der Waals surface area contributed by atoms with Gasteiger partial charge in [-0.1, -0.05) is 35.9 Å². The molecule has 1 atom stereocenters. The van der Waals surface area contributed by atoms with Gasteiger partial charge in [0, 0.05) is 24.6 Å². The van der Waals surface area contributed by atoms with Gasteiger partial charge in [-0.2, -0.15) is 0 Å². The van der Waals surface area contributed by atoms with Crippen LogP contribution in [0.25, 0.3) is 0 Å². The van der Waals surface area contributed by atoms with Gasteiger partial charge in [-0.25, -0.2) is 0 Å². The topological polar surface area (TPSA) is 30.5 Å². The van der Waals surface area contributed by atoms with Gasteiger partial charge in [0.05, 0.1) is 13.7 Å². The summed E-state index contributed by atoms with van der Waals surface area (Å²) < 4.78 is 11.3. The molecule has 0 spiro atoms. The Bertz CT molecular complexity index is 639. The number of benzene rings is 2. The fourth-order valence-corrected chi connectivity index (χ4v) is 2.98. The zero-order valence-corrected chi connectivity index (χ0v) is 13.3. The van der Waals surface area contributed by atoms with Gasteiger partial charge in [-0.05, 0) is 31.0 Å². The minimum absolute atomic E-state index is 0.519. The number of aryl methyl sites for hydroxylation is 1. The van der Waals surface area contributed by atoms with Gasteiger partial charge in [0.1, 0.15) is 11.5 Å². The van der Waals surface area contributed by atoms with Gasteiger partial charge < -0.3 is 14.8 Å². The minimum atomic E-state index is 0.519. The van der Waals surface area contributed by atoms with Crippen LogP contribution in [0.3, 0.4) is 0 Å². The van der Waals surface area contributed by atoms with Crippen LogP contribution in [0.1, 0.15) is 16.7 Å². The third-order valence-corrected chi connectivity index (χ3v) is 4.14. The molecule has 1 N–H and O–H groups in total. The summed E-state index contributed by atoms with van der Waals surface area (Å²) in [5, 5.41) is 3.54. The molecule has 1 unspecified atom stereocenters. The Morgan fingerprint density at radius 2 is 2.09 bits per heavy atom. The Morgan fingerprint density at radius 3 is 2.95 bits per heavy atom. The SMILES string of the molecule is COc1ccc(C)cc1CNCC1COc2ccccc2C1. The van der Waals surface area contributed by atoms with Gasteiger partial charge in [-0.3, -0.25) is 0 Å². The predicted octanol–water partition coefficient (Wildman–Crippen LogP) is 3.34. The third kappa shape index (κ3) is 3.42. The van der Waals surface area contributed by atoms with Gasteiger partial charge in [0.2, 0.25) is 0 Å². The number of fused-ring (bicyclic) bond motifs is 1. The van der Waals surface area contributed by atoms with Crippen molar-refractivity contribution < 1.29 is 9.47 Å². The number of para-hydroxylation sites is 1. The number of rotatable bonds is 5. The summed E-state index contributed by atoms with van der Waals surface area (Å²) in [4.78, 5) is 0. The average Bonchev–Trinajstić information content (AvgIpc) is 2.55. The molecule has 0 aliphatic carbocycles. The molecule has 0 saturated carbocycles. The standard InChI is InChI=1S/C19H23NO2/c1-14-7-8-18(21-2)17(9-14)12-20-11-15-10-16-5-3-4-6-19(16)22-13-15/h3-9,15,20H,10-13H2,1-2H3. The van der Waals surface area contributed by atoms with E-state index < -0.39 is 0 Å². The molecule has 0 fully saturated rings. The number of hydrogen-bond donors (Lipinski definition) is 1.